The molecule has 4 aromatic heterocycles. The van der Waals surface area contributed by atoms with Gasteiger partial charge >= 0.3 is 11.9 Å². The fraction of sp³-hybridized carbons (Fsp3) is 0.333. The largest absolute Gasteiger partial charge is 0.481 e. The lowest BCUT2D eigenvalue weighted by Gasteiger charge is -2.01. The molecule has 0 bridgehead atoms. The molecule has 0 fully saturated rings. The molecule has 0 saturated heterocycles. The zero-order valence-corrected chi connectivity index (χ0v) is 17.4. The summed E-state index contributed by atoms with van der Waals surface area (Å²) in [6, 6.07) is 0. The van der Waals surface area contributed by atoms with Crippen LogP contribution < -0.4 is 11.5 Å². The number of aryl methyl sites for hydroxylation is 2. The molecule has 0 amide bonds. The summed E-state index contributed by atoms with van der Waals surface area (Å²) < 4.78 is 3.58. The first-order valence-electron chi connectivity index (χ1n) is 9.61. The molecule has 0 spiro atoms. The van der Waals surface area contributed by atoms with Crippen molar-refractivity contribution in [2.24, 2.45) is 0 Å². The molecule has 0 unspecified atom stereocenters. The summed E-state index contributed by atoms with van der Waals surface area (Å²) in [5, 5.41) is 17.3. The van der Waals surface area contributed by atoms with Crippen LogP contribution in [0.3, 0.4) is 0 Å². The first-order chi connectivity index (χ1) is 15.2. The number of aliphatic carboxylic acids is 2. The molecule has 0 aliphatic rings. The van der Waals surface area contributed by atoms with E-state index >= 15 is 0 Å². The summed E-state index contributed by atoms with van der Waals surface area (Å²) in [6.45, 7) is 5.27. The minimum absolute atomic E-state index is 0.202. The molecule has 0 saturated carbocycles. The number of nitrogen functional groups attached to an aromatic ring is 2. The van der Waals surface area contributed by atoms with Gasteiger partial charge in [-0.25, -0.2) is 29.9 Å². The van der Waals surface area contributed by atoms with Gasteiger partial charge in [-0.3, -0.25) is 9.59 Å². The summed E-state index contributed by atoms with van der Waals surface area (Å²) in [4.78, 5) is 45.4. The Labute approximate surface area is 181 Å². The minimum atomic E-state index is -0.985. The molecule has 32 heavy (non-hydrogen) atoms. The van der Waals surface area contributed by atoms with E-state index in [0.717, 1.165) is 0 Å². The zero-order chi connectivity index (χ0) is 23.4. The Morgan fingerprint density at radius 3 is 1.47 bits per heavy atom. The molecule has 168 valence electrons. The van der Waals surface area contributed by atoms with Crippen molar-refractivity contribution in [3.8, 4) is 0 Å². The maximum Gasteiger partial charge on any atom is 0.311 e. The van der Waals surface area contributed by atoms with Gasteiger partial charge in [-0.1, -0.05) is 0 Å². The number of rotatable bonds is 6. The monoisotopic (exact) mass is 442 g/mol. The number of carbonyl (C=O) groups is 2. The smallest absolute Gasteiger partial charge is 0.311 e. The van der Waals surface area contributed by atoms with Crippen LogP contribution in [-0.2, 0) is 35.5 Å². The van der Waals surface area contributed by atoms with Gasteiger partial charge in [0.1, 0.15) is 35.5 Å². The molecule has 0 aromatic carbocycles. The van der Waals surface area contributed by atoms with E-state index in [4.69, 9.17) is 21.7 Å². The van der Waals surface area contributed by atoms with Crippen molar-refractivity contribution in [3.63, 3.8) is 0 Å². The molecule has 0 radical (unpaired) electrons. The van der Waals surface area contributed by atoms with Crippen molar-refractivity contribution < 1.29 is 19.8 Å². The third-order valence-corrected chi connectivity index (χ3v) is 4.37. The number of fused-ring (bicyclic) bond motifs is 2. The lowest BCUT2D eigenvalue weighted by molar-refractivity contribution is -0.137. The van der Waals surface area contributed by atoms with Crippen LogP contribution in [0.15, 0.2) is 12.7 Å². The fourth-order valence-electron chi connectivity index (χ4n) is 2.92. The highest BCUT2D eigenvalue weighted by Gasteiger charge is 2.13. The molecule has 0 aliphatic carbocycles. The highest BCUT2D eigenvalue weighted by Crippen LogP contribution is 2.17. The van der Waals surface area contributed by atoms with Crippen LogP contribution in [-0.4, -0.2) is 61.2 Å². The topological polar surface area (TPSA) is 214 Å². The van der Waals surface area contributed by atoms with Gasteiger partial charge < -0.3 is 30.8 Å². The van der Waals surface area contributed by atoms with E-state index in [2.05, 4.69) is 29.9 Å². The van der Waals surface area contributed by atoms with E-state index in [9.17, 15) is 9.59 Å². The van der Waals surface area contributed by atoms with E-state index < -0.39 is 11.9 Å². The van der Waals surface area contributed by atoms with Crippen LogP contribution >= 0.6 is 0 Å². The number of aromatic nitrogens is 8. The average Bonchev–Trinajstić information content (AvgIpc) is 3.31. The number of carboxylic acid groups (broad SMARTS) is 2. The van der Waals surface area contributed by atoms with Crippen molar-refractivity contribution in [3.05, 3.63) is 24.3 Å². The molecular formula is C18H22N10O4. The van der Waals surface area contributed by atoms with Crippen molar-refractivity contribution in [2.75, 3.05) is 11.5 Å². The van der Waals surface area contributed by atoms with Crippen LogP contribution in [0.1, 0.15) is 25.5 Å². The van der Waals surface area contributed by atoms with Gasteiger partial charge in [0.2, 0.25) is 0 Å². The number of hydrogen-bond acceptors (Lipinski definition) is 10. The lowest BCUT2D eigenvalue weighted by atomic mass is 10.4. The van der Waals surface area contributed by atoms with Crippen LogP contribution in [0.5, 0.6) is 0 Å². The van der Waals surface area contributed by atoms with Crippen molar-refractivity contribution in [1.82, 2.24) is 39.0 Å². The van der Waals surface area contributed by atoms with Gasteiger partial charge in [0, 0.05) is 13.1 Å². The number of anilines is 2. The summed E-state index contributed by atoms with van der Waals surface area (Å²) in [7, 11) is 0. The number of nitrogens with zero attached hydrogens (tertiary/aromatic N) is 8. The second-order valence-electron chi connectivity index (χ2n) is 6.60. The third-order valence-electron chi connectivity index (χ3n) is 4.37. The standard InChI is InChI=1S/2C9H11N5O2/c2*1-2-14-4-11-7-8(10)12-5(3-6(15)16)13-9(7)14/h2*4H,2-3H2,1H3,(H,15,16)(H2,10,12,13). The Hall–Kier alpha value is -4.36. The fourth-order valence-corrected chi connectivity index (χ4v) is 2.92. The van der Waals surface area contributed by atoms with Crippen LogP contribution in [0.25, 0.3) is 22.3 Å². The molecule has 4 heterocycles. The van der Waals surface area contributed by atoms with Crippen molar-refractivity contribution in [2.45, 2.75) is 39.8 Å². The molecule has 4 aromatic rings. The summed E-state index contributed by atoms with van der Waals surface area (Å²) in [5.41, 5.74) is 13.5. The van der Waals surface area contributed by atoms with Crippen molar-refractivity contribution in [1.29, 1.82) is 0 Å². The second kappa shape index (κ2) is 9.20. The zero-order valence-electron chi connectivity index (χ0n) is 17.4. The van der Waals surface area contributed by atoms with Gasteiger partial charge in [0.05, 0.1) is 12.7 Å². The highest BCUT2D eigenvalue weighted by atomic mass is 16.4. The van der Waals surface area contributed by atoms with Crippen LogP contribution in [0, 0.1) is 0 Å². The molecule has 4 rings (SSSR count). The molecule has 14 nitrogen and oxygen atoms in total. The van der Waals surface area contributed by atoms with E-state index in [1.54, 1.807) is 21.8 Å². The van der Waals surface area contributed by atoms with Gasteiger partial charge in [-0.15, -0.1) is 0 Å². The minimum Gasteiger partial charge on any atom is -0.481 e. The quantitative estimate of drug-likeness (QED) is 0.313. The first kappa shape index (κ1) is 22.3. The van der Waals surface area contributed by atoms with Crippen LogP contribution in [0.4, 0.5) is 11.6 Å². The highest BCUT2D eigenvalue weighted by molar-refractivity contribution is 5.83. The Morgan fingerprint density at radius 2 is 1.16 bits per heavy atom. The normalized spacial score (nSPS) is 10.8. The van der Waals surface area contributed by atoms with Gasteiger partial charge in [-0.05, 0) is 13.8 Å². The third kappa shape index (κ3) is 4.69. The molecule has 6 N–H and O–H groups in total. The maximum absolute atomic E-state index is 10.6. The van der Waals surface area contributed by atoms with E-state index in [0.29, 0.717) is 35.4 Å². The number of carboxylic acids is 2. The molecular weight excluding hydrogens is 420 g/mol. The van der Waals surface area contributed by atoms with Gasteiger partial charge in [-0.2, -0.15) is 0 Å². The van der Waals surface area contributed by atoms with E-state index in [-0.39, 0.29) is 36.1 Å². The Bertz CT molecular complexity index is 1200. The SMILES string of the molecule is CCn1cnc2c(N)nc(CC(=O)O)nc21.CCn1cnc2c(N)nc(CC(=O)O)nc21. The van der Waals surface area contributed by atoms with E-state index in [1.807, 2.05) is 13.8 Å². The lowest BCUT2D eigenvalue weighted by Crippen LogP contribution is -2.08. The Balaban J connectivity index is 0.000000181. The number of nitrogens with two attached hydrogens (primary N) is 2. The first-order valence-corrected chi connectivity index (χ1v) is 9.61. The van der Waals surface area contributed by atoms with E-state index in [1.165, 1.54) is 0 Å². The molecule has 0 aliphatic heterocycles. The second-order valence-corrected chi connectivity index (χ2v) is 6.60. The summed E-state index contributed by atoms with van der Waals surface area (Å²) in [6.07, 6.45) is 2.74. The molecule has 14 heteroatoms. The summed E-state index contributed by atoms with van der Waals surface area (Å²) in [5.74, 6) is -1.13. The van der Waals surface area contributed by atoms with Gasteiger partial charge in [0.15, 0.2) is 22.9 Å². The predicted octanol–water partition coefficient (Wildman–Crippen LogP) is 0.111. The van der Waals surface area contributed by atoms with Crippen molar-refractivity contribution >= 4 is 45.9 Å². The Kier molecular flexibility index (Phi) is 6.42. The number of imidazole rings is 2. The van der Waals surface area contributed by atoms with Gasteiger partial charge in [0.25, 0.3) is 0 Å². The average molecular weight is 442 g/mol. The Morgan fingerprint density at radius 1 is 0.781 bits per heavy atom. The van der Waals surface area contributed by atoms with Crippen LogP contribution in [0.2, 0.25) is 0 Å². The number of hydrogen-bond donors (Lipinski definition) is 4. The predicted molar refractivity (Wildman–Crippen MR) is 113 cm³/mol. The molecule has 0 atom stereocenters. The summed E-state index contributed by atoms with van der Waals surface area (Å²) >= 11 is 0. The maximum atomic E-state index is 10.6.